The van der Waals surface area contributed by atoms with Gasteiger partial charge in [0.2, 0.25) is 0 Å². The highest BCUT2D eigenvalue weighted by molar-refractivity contribution is 7.82. The fourth-order valence-corrected chi connectivity index (χ4v) is 1.85. The van der Waals surface area contributed by atoms with E-state index in [0.717, 1.165) is 9.86 Å². The van der Waals surface area contributed by atoms with E-state index < -0.39 is 0 Å². The minimum Gasteiger partial charge on any atom is -0.256 e. The van der Waals surface area contributed by atoms with Crippen molar-refractivity contribution in [3.63, 3.8) is 0 Å². The molecular weight excluding hydrogens is 236 g/mol. The summed E-state index contributed by atoms with van der Waals surface area (Å²) in [5.74, 6) is 0. The number of nitrogens with zero attached hydrogens (tertiary/aromatic N) is 2. The summed E-state index contributed by atoms with van der Waals surface area (Å²) in [4.78, 5) is 7.98. The lowest BCUT2D eigenvalue weighted by molar-refractivity contribution is 1.26. The first-order chi connectivity index (χ1) is 7.86. The Morgan fingerprint density at radius 1 is 0.938 bits per heavy atom. The van der Waals surface area contributed by atoms with Crippen LogP contribution in [0.5, 0.6) is 0 Å². The lowest BCUT2D eigenvalue weighted by Gasteiger charge is -1.91. The summed E-state index contributed by atoms with van der Waals surface area (Å²) < 4.78 is 0.829. The van der Waals surface area contributed by atoms with Crippen molar-refractivity contribution in [3.8, 4) is 0 Å². The number of rotatable bonds is 0. The molecule has 16 heavy (non-hydrogen) atoms. The molecule has 0 aliphatic rings. The van der Waals surface area contributed by atoms with Crippen molar-refractivity contribution in [1.29, 1.82) is 0 Å². The number of hydrogen-bond acceptors (Lipinski definition) is 4. The Bertz CT molecular complexity index is 484. The molecule has 2 heterocycles. The molecule has 3 rings (SSSR count). The number of benzene rings is 1. The zero-order chi connectivity index (χ0) is 11.2. The molecular formula is C12H10N2S2. The molecule has 0 radical (unpaired) electrons. The van der Waals surface area contributed by atoms with E-state index in [1.165, 1.54) is 16.7 Å². The molecule has 2 nitrogen and oxygen atoms in total. The summed E-state index contributed by atoms with van der Waals surface area (Å²) >= 11 is 5.47. The van der Waals surface area contributed by atoms with E-state index in [1.807, 2.05) is 35.8 Å². The number of thiol groups is 1. The van der Waals surface area contributed by atoms with Crippen LogP contribution in [0.15, 0.2) is 58.5 Å². The first-order valence-corrected chi connectivity index (χ1v) is 6.07. The van der Waals surface area contributed by atoms with Crippen LogP contribution in [-0.2, 0) is 0 Å². The zero-order valence-corrected chi connectivity index (χ0v) is 10.2. The topological polar surface area (TPSA) is 25.8 Å². The third kappa shape index (κ3) is 3.05. The molecule has 0 spiro atoms. The number of pyridine rings is 1. The molecule has 0 unspecified atom stereocenters. The second-order valence-corrected chi connectivity index (χ2v) is 4.63. The van der Waals surface area contributed by atoms with Crippen molar-refractivity contribution in [2.45, 2.75) is 4.34 Å². The van der Waals surface area contributed by atoms with Crippen molar-refractivity contribution in [3.05, 3.63) is 54.2 Å². The largest absolute Gasteiger partial charge is 0.256 e. The standard InChI is InChI=1S/C9H7N.C3H3NS2/c1-2-6-9-8(4-1)5-3-7-10-9;5-3-4-1-2-6-3/h1-7H;1-2H,(H,4,5). The lowest BCUT2D eigenvalue weighted by atomic mass is 10.2. The van der Waals surface area contributed by atoms with E-state index in [1.54, 1.807) is 6.20 Å². The molecule has 0 aliphatic carbocycles. The van der Waals surface area contributed by atoms with Crippen LogP contribution in [0, 0.1) is 0 Å². The highest BCUT2D eigenvalue weighted by atomic mass is 32.2. The van der Waals surface area contributed by atoms with Crippen LogP contribution in [0.25, 0.3) is 10.9 Å². The Morgan fingerprint density at radius 2 is 1.75 bits per heavy atom. The monoisotopic (exact) mass is 246 g/mol. The van der Waals surface area contributed by atoms with E-state index >= 15 is 0 Å². The Balaban J connectivity index is 0.000000138. The summed E-state index contributed by atoms with van der Waals surface area (Å²) in [6.07, 6.45) is 3.54. The maximum atomic E-state index is 4.18. The molecule has 0 bridgehead atoms. The van der Waals surface area contributed by atoms with Gasteiger partial charge >= 0.3 is 0 Å². The van der Waals surface area contributed by atoms with Crippen LogP contribution in [0.4, 0.5) is 0 Å². The van der Waals surface area contributed by atoms with Gasteiger partial charge in [-0.25, -0.2) is 4.98 Å². The third-order valence-corrected chi connectivity index (χ3v) is 2.94. The number of aromatic nitrogens is 2. The van der Waals surface area contributed by atoms with E-state index in [-0.39, 0.29) is 0 Å². The van der Waals surface area contributed by atoms with Gasteiger partial charge in [-0.2, -0.15) is 0 Å². The van der Waals surface area contributed by atoms with Crippen LogP contribution in [0.2, 0.25) is 0 Å². The molecule has 2 aromatic heterocycles. The molecule has 0 saturated heterocycles. The van der Waals surface area contributed by atoms with Crippen molar-refractivity contribution in [2.75, 3.05) is 0 Å². The number of hydrogen-bond donors (Lipinski definition) is 1. The summed E-state index contributed by atoms with van der Waals surface area (Å²) in [6, 6.07) is 12.1. The SMILES string of the molecule is Sc1nccs1.c1ccc2ncccc2c1. The molecule has 1 aromatic carbocycles. The van der Waals surface area contributed by atoms with Gasteiger partial charge in [0.05, 0.1) is 5.52 Å². The normalized spacial score (nSPS) is 9.56. The number of fused-ring (bicyclic) bond motifs is 1. The molecule has 0 amide bonds. The first-order valence-electron chi connectivity index (χ1n) is 4.74. The van der Waals surface area contributed by atoms with Crippen LogP contribution < -0.4 is 0 Å². The van der Waals surface area contributed by atoms with E-state index in [4.69, 9.17) is 0 Å². The van der Waals surface area contributed by atoms with Crippen molar-refractivity contribution in [1.82, 2.24) is 9.97 Å². The molecule has 4 heteroatoms. The Kier molecular flexibility index (Phi) is 3.91. The molecule has 3 aromatic rings. The lowest BCUT2D eigenvalue weighted by Crippen LogP contribution is -1.73. The van der Waals surface area contributed by atoms with Crippen molar-refractivity contribution in [2.24, 2.45) is 0 Å². The van der Waals surface area contributed by atoms with E-state index in [9.17, 15) is 0 Å². The summed E-state index contributed by atoms with van der Waals surface area (Å²) in [7, 11) is 0. The van der Waals surface area contributed by atoms with Crippen molar-refractivity contribution < 1.29 is 0 Å². The molecule has 80 valence electrons. The van der Waals surface area contributed by atoms with Gasteiger partial charge in [-0.15, -0.1) is 24.0 Å². The summed E-state index contributed by atoms with van der Waals surface area (Å²) in [5.41, 5.74) is 1.06. The average molecular weight is 246 g/mol. The molecule has 0 saturated carbocycles. The predicted octanol–water partition coefficient (Wildman–Crippen LogP) is 3.67. The summed E-state index contributed by atoms with van der Waals surface area (Å²) in [6.45, 7) is 0. The minimum atomic E-state index is 0.829. The highest BCUT2D eigenvalue weighted by Crippen LogP contribution is 2.08. The average Bonchev–Trinajstić information content (AvgIpc) is 2.81. The maximum absolute atomic E-state index is 4.18. The van der Waals surface area contributed by atoms with Crippen LogP contribution in [-0.4, -0.2) is 9.97 Å². The third-order valence-electron chi connectivity index (χ3n) is 1.93. The maximum Gasteiger partial charge on any atom is 0.146 e. The number of thiazole rings is 1. The first kappa shape index (κ1) is 11.1. The van der Waals surface area contributed by atoms with Gasteiger partial charge in [-0.1, -0.05) is 24.3 Å². The Morgan fingerprint density at radius 3 is 2.38 bits per heavy atom. The Hall–Kier alpha value is -1.39. The predicted molar refractivity (Wildman–Crippen MR) is 71.1 cm³/mol. The van der Waals surface area contributed by atoms with Crippen LogP contribution >= 0.6 is 24.0 Å². The van der Waals surface area contributed by atoms with Gasteiger partial charge in [0.15, 0.2) is 0 Å². The molecule has 0 atom stereocenters. The summed E-state index contributed by atoms with van der Waals surface area (Å²) in [5, 5.41) is 3.09. The molecule has 0 fully saturated rings. The van der Waals surface area contributed by atoms with Crippen LogP contribution in [0.3, 0.4) is 0 Å². The van der Waals surface area contributed by atoms with Gasteiger partial charge in [-0.3, -0.25) is 4.98 Å². The van der Waals surface area contributed by atoms with Gasteiger partial charge in [-0.05, 0) is 12.1 Å². The van der Waals surface area contributed by atoms with Crippen LogP contribution in [0.1, 0.15) is 0 Å². The fourth-order valence-electron chi connectivity index (χ4n) is 1.23. The second kappa shape index (κ2) is 5.63. The van der Waals surface area contributed by atoms with Gasteiger partial charge in [0, 0.05) is 23.2 Å². The van der Waals surface area contributed by atoms with E-state index in [2.05, 4.69) is 34.7 Å². The minimum absolute atomic E-state index is 0.829. The van der Waals surface area contributed by atoms with Gasteiger partial charge < -0.3 is 0 Å². The fraction of sp³-hybridized carbons (Fsp3) is 0. The van der Waals surface area contributed by atoms with Gasteiger partial charge in [0.1, 0.15) is 4.34 Å². The highest BCUT2D eigenvalue weighted by Gasteiger charge is 1.86. The Labute approximate surface area is 103 Å². The smallest absolute Gasteiger partial charge is 0.146 e. The van der Waals surface area contributed by atoms with Crippen molar-refractivity contribution >= 4 is 34.9 Å². The second-order valence-electron chi connectivity index (χ2n) is 3.01. The molecule has 0 aliphatic heterocycles. The molecule has 0 N–H and O–H groups in total. The quantitative estimate of drug-likeness (QED) is 0.612. The number of para-hydroxylation sites is 1. The van der Waals surface area contributed by atoms with E-state index in [0.29, 0.717) is 0 Å². The van der Waals surface area contributed by atoms with Gasteiger partial charge in [0.25, 0.3) is 0 Å². The zero-order valence-electron chi connectivity index (χ0n) is 8.45.